The molecule has 7 heteroatoms. The summed E-state index contributed by atoms with van der Waals surface area (Å²) in [4.78, 5) is 0. The summed E-state index contributed by atoms with van der Waals surface area (Å²) in [6.45, 7) is -2.70. The molecule has 0 bridgehead atoms. The molecule has 4 nitrogen and oxygen atoms in total. The van der Waals surface area contributed by atoms with Crippen LogP contribution in [0.4, 0.5) is 14.5 Å². The van der Waals surface area contributed by atoms with Gasteiger partial charge in [0.25, 0.3) is 0 Å². The van der Waals surface area contributed by atoms with Crippen molar-refractivity contribution in [2.24, 2.45) is 0 Å². The predicted molar refractivity (Wildman–Crippen MR) is 84.3 cm³/mol. The molecule has 0 heterocycles. The van der Waals surface area contributed by atoms with Crippen LogP contribution in [0.2, 0.25) is 5.02 Å². The molecule has 0 saturated carbocycles. The minimum Gasteiger partial charge on any atom is -0.493 e. The van der Waals surface area contributed by atoms with Gasteiger partial charge in [0.2, 0.25) is 0 Å². The molecule has 0 unspecified atom stereocenters. The van der Waals surface area contributed by atoms with Crippen LogP contribution < -0.4 is 14.8 Å². The number of benzene rings is 2. The Morgan fingerprint density at radius 3 is 2.65 bits per heavy atom. The summed E-state index contributed by atoms with van der Waals surface area (Å²) >= 11 is 5.99. The van der Waals surface area contributed by atoms with Crippen molar-refractivity contribution in [3.8, 4) is 11.5 Å². The number of alkyl halides is 2. The Bertz CT molecular complexity index is 668. The fourth-order valence-electron chi connectivity index (χ4n) is 2.11. The first kappa shape index (κ1) is 17.3. The van der Waals surface area contributed by atoms with Crippen molar-refractivity contribution in [1.29, 1.82) is 0 Å². The van der Waals surface area contributed by atoms with E-state index in [0.29, 0.717) is 6.54 Å². The van der Waals surface area contributed by atoms with E-state index in [9.17, 15) is 13.9 Å². The van der Waals surface area contributed by atoms with Gasteiger partial charge in [-0.1, -0.05) is 29.8 Å². The summed E-state index contributed by atoms with van der Waals surface area (Å²) in [5, 5.41) is 12.5. The molecule has 2 rings (SSSR count). The van der Waals surface area contributed by atoms with E-state index in [1.165, 1.54) is 13.2 Å². The van der Waals surface area contributed by atoms with Crippen molar-refractivity contribution in [1.82, 2.24) is 0 Å². The minimum absolute atomic E-state index is 0.0388. The molecule has 0 aliphatic rings. The normalized spacial score (nSPS) is 10.7. The second-order valence-corrected chi connectivity index (χ2v) is 5.06. The molecule has 2 aromatic rings. The Labute approximate surface area is 137 Å². The number of halogens is 3. The molecule has 124 valence electrons. The zero-order chi connectivity index (χ0) is 16.8. The number of para-hydroxylation sites is 1. The van der Waals surface area contributed by atoms with E-state index in [-0.39, 0.29) is 23.1 Å². The van der Waals surface area contributed by atoms with Gasteiger partial charge < -0.3 is 19.9 Å². The van der Waals surface area contributed by atoms with Gasteiger partial charge in [-0.25, -0.2) is 0 Å². The Morgan fingerprint density at radius 1 is 1.26 bits per heavy atom. The lowest BCUT2D eigenvalue weighted by molar-refractivity contribution is -0.0511. The summed E-state index contributed by atoms with van der Waals surface area (Å²) < 4.78 is 34.2. The third-order valence-corrected chi connectivity index (χ3v) is 3.45. The number of methoxy groups -OCH3 is 1. The van der Waals surface area contributed by atoms with E-state index >= 15 is 0 Å². The lowest BCUT2D eigenvalue weighted by Crippen LogP contribution is -2.06. The Morgan fingerprint density at radius 2 is 2.00 bits per heavy atom. The smallest absolute Gasteiger partial charge is 0.387 e. The Hall–Kier alpha value is -2.05. The molecule has 0 atom stereocenters. The van der Waals surface area contributed by atoms with Gasteiger partial charge in [0.1, 0.15) is 0 Å². The number of rotatable bonds is 7. The van der Waals surface area contributed by atoms with Crippen LogP contribution in [0.15, 0.2) is 36.4 Å². The van der Waals surface area contributed by atoms with Crippen molar-refractivity contribution < 1.29 is 23.4 Å². The molecule has 2 aromatic carbocycles. The lowest BCUT2D eigenvalue weighted by atomic mass is 10.1. The topological polar surface area (TPSA) is 50.7 Å². The first-order valence-electron chi connectivity index (χ1n) is 6.79. The van der Waals surface area contributed by atoms with Crippen LogP contribution in [-0.4, -0.2) is 18.8 Å². The highest BCUT2D eigenvalue weighted by Crippen LogP contribution is 2.37. The van der Waals surface area contributed by atoms with Crippen LogP contribution in [0, 0.1) is 0 Å². The monoisotopic (exact) mass is 343 g/mol. The molecule has 0 aromatic heterocycles. The molecular formula is C16H16ClF2NO3. The number of anilines is 1. The number of aliphatic hydroxyl groups excluding tert-OH is 1. The van der Waals surface area contributed by atoms with Crippen LogP contribution in [0.3, 0.4) is 0 Å². The number of aliphatic hydroxyl groups is 1. The van der Waals surface area contributed by atoms with Gasteiger partial charge in [0.05, 0.1) is 18.7 Å². The van der Waals surface area contributed by atoms with E-state index in [4.69, 9.17) is 16.3 Å². The van der Waals surface area contributed by atoms with Gasteiger partial charge in [-0.15, -0.1) is 0 Å². The lowest BCUT2D eigenvalue weighted by Gasteiger charge is -2.15. The van der Waals surface area contributed by atoms with E-state index < -0.39 is 6.61 Å². The molecular weight excluding hydrogens is 328 g/mol. The largest absolute Gasteiger partial charge is 0.493 e. The van der Waals surface area contributed by atoms with Gasteiger partial charge in [-0.2, -0.15) is 8.78 Å². The van der Waals surface area contributed by atoms with Crippen molar-refractivity contribution in [2.45, 2.75) is 19.8 Å². The van der Waals surface area contributed by atoms with E-state index in [1.807, 2.05) is 18.2 Å². The number of hydrogen-bond acceptors (Lipinski definition) is 4. The fraction of sp³-hybridized carbons (Fsp3) is 0.250. The van der Waals surface area contributed by atoms with Gasteiger partial charge >= 0.3 is 6.61 Å². The molecule has 0 fully saturated rings. The summed E-state index contributed by atoms with van der Waals surface area (Å²) in [6.07, 6.45) is 0. The van der Waals surface area contributed by atoms with Crippen LogP contribution in [0.1, 0.15) is 11.1 Å². The van der Waals surface area contributed by atoms with Crippen LogP contribution >= 0.6 is 11.6 Å². The maximum atomic E-state index is 12.4. The number of nitrogens with one attached hydrogen (secondary N) is 1. The van der Waals surface area contributed by atoms with Crippen LogP contribution in [-0.2, 0) is 13.2 Å². The SMILES string of the molecule is COc1cc(CNc2ccccc2CO)cc(Cl)c1OC(F)F. The van der Waals surface area contributed by atoms with Gasteiger partial charge in [-0.05, 0) is 23.8 Å². The predicted octanol–water partition coefficient (Wildman–Crippen LogP) is 4.05. The quantitative estimate of drug-likeness (QED) is 0.796. The van der Waals surface area contributed by atoms with E-state index in [1.54, 1.807) is 12.1 Å². The molecule has 0 spiro atoms. The fourth-order valence-corrected chi connectivity index (χ4v) is 2.38. The Kier molecular flexibility index (Phi) is 6.01. The zero-order valence-corrected chi connectivity index (χ0v) is 13.1. The number of ether oxygens (including phenoxy) is 2. The van der Waals surface area contributed by atoms with E-state index in [2.05, 4.69) is 10.1 Å². The second kappa shape index (κ2) is 7.99. The highest BCUT2D eigenvalue weighted by atomic mass is 35.5. The third kappa shape index (κ3) is 4.46. The number of hydrogen-bond donors (Lipinski definition) is 2. The third-order valence-electron chi connectivity index (χ3n) is 3.17. The summed E-state index contributed by atoms with van der Waals surface area (Å²) in [5.74, 6) is -0.0614. The van der Waals surface area contributed by atoms with Gasteiger partial charge in [0, 0.05) is 17.8 Å². The first-order chi connectivity index (χ1) is 11.0. The summed E-state index contributed by atoms with van der Waals surface area (Å²) in [7, 11) is 1.35. The molecule has 0 aliphatic carbocycles. The molecule has 23 heavy (non-hydrogen) atoms. The highest BCUT2D eigenvalue weighted by Gasteiger charge is 2.16. The van der Waals surface area contributed by atoms with Crippen molar-refractivity contribution in [3.63, 3.8) is 0 Å². The highest BCUT2D eigenvalue weighted by molar-refractivity contribution is 6.32. The van der Waals surface area contributed by atoms with Crippen molar-refractivity contribution in [2.75, 3.05) is 12.4 Å². The maximum absolute atomic E-state index is 12.4. The average Bonchev–Trinajstić information content (AvgIpc) is 2.54. The standard InChI is InChI=1S/C16H16ClF2NO3/c1-22-14-7-10(6-12(17)15(14)23-16(18)19)8-20-13-5-3-2-4-11(13)9-21/h2-7,16,20-21H,8-9H2,1H3. The van der Waals surface area contributed by atoms with Crippen molar-refractivity contribution >= 4 is 17.3 Å². The molecule has 0 radical (unpaired) electrons. The van der Waals surface area contributed by atoms with Gasteiger partial charge in [0.15, 0.2) is 11.5 Å². The maximum Gasteiger partial charge on any atom is 0.387 e. The Balaban J connectivity index is 2.19. The average molecular weight is 344 g/mol. The molecule has 0 amide bonds. The van der Waals surface area contributed by atoms with Crippen molar-refractivity contribution in [3.05, 3.63) is 52.5 Å². The zero-order valence-electron chi connectivity index (χ0n) is 12.4. The summed E-state index contributed by atoms with van der Waals surface area (Å²) in [6, 6.07) is 10.4. The molecule has 0 aliphatic heterocycles. The van der Waals surface area contributed by atoms with E-state index in [0.717, 1.165) is 16.8 Å². The molecule has 0 saturated heterocycles. The minimum atomic E-state index is -2.98. The van der Waals surface area contributed by atoms with Crippen LogP contribution in [0.25, 0.3) is 0 Å². The van der Waals surface area contributed by atoms with Gasteiger partial charge in [-0.3, -0.25) is 0 Å². The molecule has 2 N–H and O–H groups in total. The summed E-state index contributed by atoms with van der Waals surface area (Å²) in [5.41, 5.74) is 2.25. The second-order valence-electron chi connectivity index (χ2n) is 4.66. The van der Waals surface area contributed by atoms with Crippen LogP contribution in [0.5, 0.6) is 11.5 Å². The first-order valence-corrected chi connectivity index (χ1v) is 7.16.